The Morgan fingerprint density at radius 1 is 1.36 bits per heavy atom. The van der Waals surface area contributed by atoms with Gasteiger partial charge in [-0.3, -0.25) is 9.59 Å². The van der Waals surface area contributed by atoms with Gasteiger partial charge >= 0.3 is 0 Å². The van der Waals surface area contributed by atoms with Crippen molar-refractivity contribution in [2.75, 3.05) is 38.7 Å². The Labute approximate surface area is 146 Å². The molecule has 132 valence electrons. The first kappa shape index (κ1) is 17.1. The van der Waals surface area contributed by atoms with E-state index < -0.39 is 0 Å². The van der Waals surface area contributed by atoms with Crippen LogP contribution in [0.1, 0.15) is 17.0 Å². The molecule has 6 heteroatoms. The number of benzene rings is 1. The van der Waals surface area contributed by atoms with E-state index in [4.69, 9.17) is 9.15 Å². The fourth-order valence-corrected chi connectivity index (χ4v) is 3.17. The second-order valence-corrected chi connectivity index (χ2v) is 6.30. The predicted molar refractivity (Wildman–Crippen MR) is 95.3 cm³/mol. The van der Waals surface area contributed by atoms with Crippen molar-refractivity contribution < 1.29 is 13.9 Å². The van der Waals surface area contributed by atoms with Crippen LogP contribution in [0.25, 0.3) is 0 Å². The van der Waals surface area contributed by atoms with E-state index in [0.717, 1.165) is 19.5 Å². The van der Waals surface area contributed by atoms with Crippen LogP contribution >= 0.6 is 0 Å². The molecule has 3 rings (SSSR count). The summed E-state index contributed by atoms with van der Waals surface area (Å²) in [6.45, 7) is 2.51. The van der Waals surface area contributed by atoms with Crippen molar-refractivity contribution in [3.63, 3.8) is 0 Å². The van der Waals surface area contributed by atoms with Gasteiger partial charge in [-0.2, -0.15) is 0 Å². The second-order valence-electron chi connectivity index (χ2n) is 6.30. The Hall–Kier alpha value is -2.76. The van der Waals surface area contributed by atoms with Crippen LogP contribution in [-0.4, -0.2) is 44.6 Å². The second kappa shape index (κ2) is 7.42. The first-order valence-corrected chi connectivity index (χ1v) is 8.31. The zero-order chi connectivity index (χ0) is 17.8. The zero-order valence-electron chi connectivity index (χ0n) is 14.5. The normalized spacial score (nSPS) is 16.7. The van der Waals surface area contributed by atoms with Crippen LogP contribution in [0.3, 0.4) is 0 Å². The fourth-order valence-electron chi connectivity index (χ4n) is 3.17. The van der Waals surface area contributed by atoms with Gasteiger partial charge in [0, 0.05) is 38.4 Å². The third-order valence-electron chi connectivity index (χ3n) is 4.51. The number of anilines is 1. The van der Waals surface area contributed by atoms with Gasteiger partial charge in [-0.1, -0.05) is 18.2 Å². The van der Waals surface area contributed by atoms with Crippen LogP contribution in [-0.2, 0) is 0 Å². The van der Waals surface area contributed by atoms with Crippen LogP contribution in [0.4, 0.5) is 5.69 Å². The lowest BCUT2D eigenvalue weighted by Crippen LogP contribution is -2.33. The first-order chi connectivity index (χ1) is 12.1. The maximum atomic E-state index is 12.5. The first-order valence-electron chi connectivity index (χ1n) is 8.31. The van der Waals surface area contributed by atoms with Gasteiger partial charge in [0.15, 0.2) is 5.76 Å². The molecule has 1 aromatic heterocycles. The van der Waals surface area contributed by atoms with Crippen molar-refractivity contribution in [1.29, 1.82) is 0 Å². The number of carbonyl (C=O) groups is 1. The standard InChI is InChI=1S/C19H22N2O4/c1-20(19(23)17-10-16(22)18(24-2)13-25-17)11-14-8-9-21(12-14)15-6-4-3-5-7-15/h3-7,10,13-14H,8-9,11-12H2,1-2H3/t14-/m0/s1. The molecule has 1 fully saturated rings. The molecule has 0 aliphatic carbocycles. The summed E-state index contributed by atoms with van der Waals surface area (Å²) in [4.78, 5) is 28.2. The van der Waals surface area contributed by atoms with Gasteiger partial charge in [0.25, 0.3) is 5.91 Å². The Kier molecular flexibility index (Phi) is 5.07. The van der Waals surface area contributed by atoms with Gasteiger partial charge in [-0.25, -0.2) is 0 Å². The number of rotatable bonds is 5. The van der Waals surface area contributed by atoms with E-state index in [9.17, 15) is 9.59 Å². The van der Waals surface area contributed by atoms with E-state index in [2.05, 4.69) is 17.0 Å². The Bertz CT molecular complexity index is 788. The molecule has 0 saturated carbocycles. The highest BCUT2D eigenvalue weighted by molar-refractivity contribution is 5.91. The molecule has 6 nitrogen and oxygen atoms in total. The minimum atomic E-state index is -0.360. The molecule has 2 heterocycles. The van der Waals surface area contributed by atoms with Crippen LogP contribution in [0.15, 0.2) is 51.9 Å². The predicted octanol–water partition coefficient (Wildman–Crippen LogP) is 2.25. The minimum Gasteiger partial charge on any atom is -0.490 e. The number of nitrogens with zero attached hydrogens (tertiary/aromatic N) is 2. The fraction of sp³-hybridized carbons (Fsp3) is 0.368. The topological polar surface area (TPSA) is 63.0 Å². The summed E-state index contributed by atoms with van der Waals surface area (Å²) in [5.74, 6) is 0.219. The van der Waals surface area contributed by atoms with Gasteiger partial charge in [-0.05, 0) is 24.5 Å². The minimum absolute atomic E-state index is 0.0335. The van der Waals surface area contributed by atoms with E-state index in [1.807, 2.05) is 18.2 Å². The van der Waals surface area contributed by atoms with Crippen LogP contribution < -0.4 is 15.1 Å². The van der Waals surface area contributed by atoms with Crippen molar-refractivity contribution in [3.05, 3.63) is 58.6 Å². The zero-order valence-corrected chi connectivity index (χ0v) is 14.5. The Balaban J connectivity index is 1.61. The van der Waals surface area contributed by atoms with Gasteiger partial charge in [0.2, 0.25) is 11.2 Å². The number of amides is 1. The number of para-hydroxylation sites is 1. The van der Waals surface area contributed by atoms with E-state index in [-0.39, 0.29) is 22.8 Å². The van der Waals surface area contributed by atoms with Crippen molar-refractivity contribution >= 4 is 11.6 Å². The van der Waals surface area contributed by atoms with Crippen molar-refractivity contribution in [2.45, 2.75) is 6.42 Å². The van der Waals surface area contributed by atoms with Crippen LogP contribution in [0, 0.1) is 5.92 Å². The largest absolute Gasteiger partial charge is 0.490 e. The molecular weight excluding hydrogens is 320 g/mol. The smallest absolute Gasteiger partial charge is 0.289 e. The number of carbonyl (C=O) groups excluding carboxylic acids is 1. The third kappa shape index (κ3) is 3.84. The van der Waals surface area contributed by atoms with Crippen molar-refractivity contribution in [1.82, 2.24) is 4.90 Å². The molecule has 1 amide bonds. The summed E-state index contributed by atoms with van der Waals surface area (Å²) < 4.78 is 10.1. The van der Waals surface area contributed by atoms with Crippen LogP contribution in [0.2, 0.25) is 0 Å². The lowest BCUT2D eigenvalue weighted by molar-refractivity contribution is 0.0741. The Morgan fingerprint density at radius 2 is 2.12 bits per heavy atom. The molecule has 0 radical (unpaired) electrons. The maximum absolute atomic E-state index is 12.5. The molecule has 25 heavy (non-hydrogen) atoms. The van der Waals surface area contributed by atoms with Crippen LogP contribution in [0.5, 0.6) is 5.75 Å². The Morgan fingerprint density at radius 3 is 2.80 bits per heavy atom. The molecule has 0 unspecified atom stereocenters. The van der Waals surface area contributed by atoms with Gasteiger partial charge in [0.05, 0.1) is 7.11 Å². The van der Waals surface area contributed by atoms with Gasteiger partial charge in [-0.15, -0.1) is 0 Å². The molecule has 0 bridgehead atoms. The van der Waals surface area contributed by atoms with Gasteiger partial charge in [0.1, 0.15) is 6.26 Å². The maximum Gasteiger partial charge on any atom is 0.289 e. The highest BCUT2D eigenvalue weighted by atomic mass is 16.5. The molecule has 1 saturated heterocycles. The quantitative estimate of drug-likeness (QED) is 0.834. The number of ether oxygens (including phenoxy) is 1. The van der Waals surface area contributed by atoms with Gasteiger partial charge < -0.3 is 19.0 Å². The molecule has 1 atom stereocenters. The molecular formula is C19H22N2O4. The third-order valence-corrected chi connectivity index (χ3v) is 4.51. The van der Waals surface area contributed by atoms with E-state index in [1.54, 1.807) is 11.9 Å². The lowest BCUT2D eigenvalue weighted by atomic mass is 10.1. The van der Waals surface area contributed by atoms with E-state index >= 15 is 0 Å². The summed E-state index contributed by atoms with van der Waals surface area (Å²) >= 11 is 0. The lowest BCUT2D eigenvalue weighted by Gasteiger charge is -2.22. The average molecular weight is 342 g/mol. The molecule has 0 N–H and O–H groups in total. The molecule has 0 spiro atoms. The molecule has 1 aromatic carbocycles. The monoisotopic (exact) mass is 342 g/mol. The number of hydrogen-bond donors (Lipinski definition) is 0. The highest BCUT2D eigenvalue weighted by Gasteiger charge is 2.26. The van der Waals surface area contributed by atoms with E-state index in [1.165, 1.54) is 25.1 Å². The van der Waals surface area contributed by atoms with Crippen molar-refractivity contribution in [2.24, 2.45) is 5.92 Å². The highest BCUT2D eigenvalue weighted by Crippen LogP contribution is 2.24. The summed E-state index contributed by atoms with van der Waals surface area (Å²) in [7, 11) is 3.12. The molecule has 2 aromatic rings. The molecule has 1 aliphatic rings. The number of methoxy groups -OCH3 is 1. The summed E-state index contributed by atoms with van der Waals surface area (Å²) in [6, 6.07) is 11.5. The number of hydrogen-bond acceptors (Lipinski definition) is 5. The van der Waals surface area contributed by atoms with Crippen molar-refractivity contribution in [3.8, 4) is 5.75 Å². The molecule has 1 aliphatic heterocycles. The van der Waals surface area contributed by atoms with E-state index in [0.29, 0.717) is 12.5 Å². The summed E-state index contributed by atoms with van der Waals surface area (Å²) in [6.07, 6.45) is 2.20. The SMILES string of the molecule is COc1coc(C(=O)N(C)C[C@@H]2CCN(c3ccccc3)C2)cc1=O. The summed E-state index contributed by atoms with van der Waals surface area (Å²) in [5, 5.41) is 0. The average Bonchev–Trinajstić information content (AvgIpc) is 3.10. The summed E-state index contributed by atoms with van der Waals surface area (Å²) in [5.41, 5.74) is 0.849.